The van der Waals surface area contributed by atoms with Gasteiger partial charge in [0.15, 0.2) is 5.43 Å². The highest BCUT2D eigenvalue weighted by Crippen LogP contribution is 2.38. The van der Waals surface area contributed by atoms with E-state index in [9.17, 15) is 14.7 Å². The smallest absolute Gasteiger partial charge is 0.290 e. The van der Waals surface area contributed by atoms with Gasteiger partial charge in [0.2, 0.25) is 5.76 Å². The van der Waals surface area contributed by atoms with Gasteiger partial charge in [-0.15, -0.1) is 0 Å². The van der Waals surface area contributed by atoms with Gasteiger partial charge in [0, 0.05) is 18.2 Å². The molecule has 0 saturated heterocycles. The Kier molecular flexibility index (Phi) is 5.61. The second kappa shape index (κ2) is 8.34. The van der Waals surface area contributed by atoms with Crippen LogP contribution in [0, 0.1) is 0 Å². The van der Waals surface area contributed by atoms with E-state index in [-0.39, 0.29) is 35.8 Å². The van der Waals surface area contributed by atoms with Crippen molar-refractivity contribution in [3.63, 3.8) is 0 Å². The lowest BCUT2D eigenvalue weighted by Crippen LogP contribution is -2.31. The van der Waals surface area contributed by atoms with Crippen LogP contribution >= 0.6 is 11.6 Å². The summed E-state index contributed by atoms with van der Waals surface area (Å²) in [6.07, 6.45) is 2.04. The minimum Gasteiger partial charge on any atom is -0.490 e. The minimum absolute atomic E-state index is 0.0322. The average molecular weight is 426 g/mol. The molecule has 1 aliphatic heterocycles. The average Bonchev–Trinajstić information content (AvgIpc) is 3.03. The highest BCUT2D eigenvalue weighted by Gasteiger charge is 2.42. The first-order valence-electron chi connectivity index (χ1n) is 9.57. The maximum absolute atomic E-state index is 13.3. The second-order valence-corrected chi connectivity index (χ2v) is 7.40. The number of aliphatic hydroxyl groups excluding tert-OH is 1. The molecule has 0 saturated carbocycles. The first kappa shape index (κ1) is 20.2. The molecule has 0 radical (unpaired) electrons. The Bertz CT molecular complexity index is 1170. The molecule has 1 aliphatic rings. The molecule has 1 N–H and O–H groups in total. The van der Waals surface area contributed by atoms with Crippen molar-refractivity contribution in [1.29, 1.82) is 0 Å². The number of hydrogen-bond donors (Lipinski definition) is 1. The lowest BCUT2D eigenvalue weighted by atomic mass is 9.98. The van der Waals surface area contributed by atoms with Gasteiger partial charge in [-0.1, -0.05) is 36.4 Å². The van der Waals surface area contributed by atoms with Crippen LogP contribution in [-0.4, -0.2) is 35.7 Å². The minimum atomic E-state index is -0.618. The highest BCUT2D eigenvalue weighted by atomic mass is 35.5. The van der Waals surface area contributed by atoms with E-state index in [1.165, 1.54) is 0 Å². The molecule has 4 rings (SSSR count). The fraction of sp³-hybridized carbons (Fsp3) is 0.217. The Labute approximate surface area is 177 Å². The molecule has 1 aromatic heterocycles. The summed E-state index contributed by atoms with van der Waals surface area (Å²) in [4.78, 5) is 28.0. The Morgan fingerprint density at radius 3 is 2.67 bits per heavy atom. The van der Waals surface area contributed by atoms with Crippen LogP contribution in [0.1, 0.15) is 34.1 Å². The van der Waals surface area contributed by atoms with Crippen molar-refractivity contribution in [3.8, 4) is 5.75 Å². The van der Waals surface area contributed by atoms with E-state index in [0.29, 0.717) is 34.8 Å². The molecule has 6 nitrogen and oxygen atoms in total. The quantitative estimate of drug-likeness (QED) is 0.580. The van der Waals surface area contributed by atoms with Gasteiger partial charge in [0.1, 0.15) is 17.9 Å². The molecule has 0 aliphatic carbocycles. The van der Waals surface area contributed by atoms with Gasteiger partial charge < -0.3 is 19.2 Å². The summed E-state index contributed by atoms with van der Waals surface area (Å²) >= 11 is 6.07. The molecule has 1 amide bonds. The van der Waals surface area contributed by atoms with E-state index < -0.39 is 6.04 Å². The van der Waals surface area contributed by atoms with Crippen LogP contribution < -0.4 is 10.2 Å². The number of carbonyl (C=O) groups excluding carboxylic acids is 1. The largest absolute Gasteiger partial charge is 0.490 e. The summed E-state index contributed by atoms with van der Waals surface area (Å²) in [6, 6.07) is 11.3. The van der Waals surface area contributed by atoms with Crippen molar-refractivity contribution >= 4 is 28.5 Å². The number of carbonyl (C=O) groups is 1. The fourth-order valence-electron chi connectivity index (χ4n) is 3.71. The molecule has 7 heteroatoms. The topological polar surface area (TPSA) is 80.0 Å². The van der Waals surface area contributed by atoms with Gasteiger partial charge in [0.25, 0.3) is 5.91 Å². The van der Waals surface area contributed by atoms with Crippen molar-refractivity contribution in [2.24, 2.45) is 0 Å². The predicted molar refractivity (Wildman–Crippen MR) is 114 cm³/mol. The van der Waals surface area contributed by atoms with Crippen molar-refractivity contribution in [2.75, 3.05) is 19.8 Å². The van der Waals surface area contributed by atoms with E-state index in [2.05, 4.69) is 6.58 Å². The number of aliphatic hydroxyl groups is 1. The van der Waals surface area contributed by atoms with Crippen LogP contribution in [0.4, 0.5) is 0 Å². The summed E-state index contributed by atoms with van der Waals surface area (Å²) in [5.41, 5.74) is 1.06. The van der Waals surface area contributed by atoms with E-state index in [0.717, 1.165) is 5.56 Å². The zero-order valence-corrected chi connectivity index (χ0v) is 16.9. The SMILES string of the molecule is C=CCOc1ccc(C2c3c(oc4ccc(Cl)cc4c3=O)C(=O)N2CCCO)cc1. The number of rotatable bonds is 7. The molecule has 0 bridgehead atoms. The van der Waals surface area contributed by atoms with Gasteiger partial charge >= 0.3 is 0 Å². The van der Waals surface area contributed by atoms with Crippen molar-refractivity contribution in [3.05, 3.63) is 87.3 Å². The zero-order chi connectivity index (χ0) is 21.3. The van der Waals surface area contributed by atoms with E-state index in [1.54, 1.807) is 41.3 Å². The zero-order valence-electron chi connectivity index (χ0n) is 16.1. The third kappa shape index (κ3) is 3.49. The van der Waals surface area contributed by atoms with Crippen molar-refractivity contribution in [2.45, 2.75) is 12.5 Å². The van der Waals surface area contributed by atoms with Crippen molar-refractivity contribution in [1.82, 2.24) is 4.90 Å². The number of fused-ring (bicyclic) bond motifs is 2. The van der Waals surface area contributed by atoms with Gasteiger partial charge in [0.05, 0.1) is 17.0 Å². The molecule has 0 fully saturated rings. The first-order chi connectivity index (χ1) is 14.5. The first-order valence-corrected chi connectivity index (χ1v) is 9.94. The molecule has 1 unspecified atom stereocenters. The molecular weight excluding hydrogens is 406 g/mol. The molecule has 3 aromatic rings. The van der Waals surface area contributed by atoms with Crippen LogP contribution in [-0.2, 0) is 0 Å². The van der Waals surface area contributed by atoms with E-state index in [4.69, 9.17) is 20.8 Å². The monoisotopic (exact) mass is 425 g/mol. The van der Waals surface area contributed by atoms with Crippen LogP contribution in [0.5, 0.6) is 5.75 Å². The third-order valence-electron chi connectivity index (χ3n) is 5.05. The van der Waals surface area contributed by atoms with Crippen LogP contribution in [0.25, 0.3) is 11.0 Å². The van der Waals surface area contributed by atoms with Crippen LogP contribution in [0.15, 0.2) is 64.3 Å². The number of hydrogen-bond acceptors (Lipinski definition) is 5. The third-order valence-corrected chi connectivity index (χ3v) is 5.28. The van der Waals surface area contributed by atoms with Gasteiger partial charge in [-0.2, -0.15) is 0 Å². The number of ether oxygens (including phenoxy) is 1. The molecule has 2 heterocycles. The normalized spacial score (nSPS) is 15.5. The van der Waals surface area contributed by atoms with Gasteiger partial charge in [-0.3, -0.25) is 9.59 Å². The molecular formula is C23H20ClNO5. The molecule has 0 spiro atoms. The second-order valence-electron chi connectivity index (χ2n) is 6.96. The van der Waals surface area contributed by atoms with Crippen LogP contribution in [0.2, 0.25) is 5.02 Å². The Balaban J connectivity index is 1.86. The van der Waals surface area contributed by atoms with E-state index in [1.807, 2.05) is 12.1 Å². The maximum Gasteiger partial charge on any atom is 0.290 e. The molecule has 30 heavy (non-hydrogen) atoms. The number of benzene rings is 2. The summed E-state index contributed by atoms with van der Waals surface area (Å²) < 4.78 is 11.4. The maximum atomic E-state index is 13.3. The number of nitrogens with zero attached hydrogens (tertiary/aromatic N) is 1. The number of halogens is 1. The molecule has 154 valence electrons. The predicted octanol–water partition coefficient (Wildman–Crippen LogP) is 3.94. The Morgan fingerprint density at radius 1 is 1.20 bits per heavy atom. The standard InChI is InChI=1S/C23H20ClNO5/c1-2-12-29-16-7-4-14(5-8-16)20-19-21(27)17-13-15(24)6-9-18(17)30-22(19)23(28)25(20)10-3-11-26/h2,4-9,13,20,26H,1,3,10-12H2. The Morgan fingerprint density at radius 2 is 1.97 bits per heavy atom. The number of amides is 1. The lowest BCUT2D eigenvalue weighted by Gasteiger charge is -2.25. The summed E-state index contributed by atoms with van der Waals surface area (Å²) in [7, 11) is 0. The highest BCUT2D eigenvalue weighted by molar-refractivity contribution is 6.31. The van der Waals surface area contributed by atoms with Gasteiger partial charge in [-0.05, 0) is 42.3 Å². The fourth-order valence-corrected chi connectivity index (χ4v) is 3.88. The Hall–Kier alpha value is -3.09. The lowest BCUT2D eigenvalue weighted by molar-refractivity contribution is 0.0716. The molecule has 1 atom stereocenters. The molecule has 2 aromatic carbocycles. The van der Waals surface area contributed by atoms with Crippen LogP contribution in [0.3, 0.4) is 0 Å². The summed E-state index contributed by atoms with van der Waals surface area (Å²) in [6.45, 7) is 4.22. The summed E-state index contributed by atoms with van der Waals surface area (Å²) in [5.74, 6) is 0.316. The van der Waals surface area contributed by atoms with Crippen molar-refractivity contribution < 1.29 is 19.1 Å². The summed E-state index contributed by atoms with van der Waals surface area (Å²) in [5, 5.41) is 10.0. The van der Waals surface area contributed by atoms with Gasteiger partial charge in [-0.25, -0.2) is 0 Å². The van der Waals surface area contributed by atoms with E-state index >= 15 is 0 Å².